The van der Waals surface area contributed by atoms with Gasteiger partial charge in [-0.05, 0) is 30.5 Å². The SMILES string of the molecule is CCCC(CC)(N=O)C(CN)c1ccc(OC)cc1. The molecule has 2 N–H and O–H groups in total. The van der Waals surface area contributed by atoms with E-state index in [0.717, 1.165) is 24.2 Å². The molecule has 1 aromatic rings. The van der Waals surface area contributed by atoms with Crippen molar-refractivity contribution < 1.29 is 4.74 Å². The molecule has 0 saturated heterocycles. The second kappa shape index (κ2) is 7.24. The van der Waals surface area contributed by atoms with Crippen LogP contribution in [0.2, 0.25) is 0 Å². The van der Waals surface area contributed by atoms with E-state index >= 15 is 0 Å². The molecule has 0 spiro atoms. The van der Waals surface area contributed by atoms with Crippen LogP contribution in [0.4, 0.5) is 0 Å². The lowest BCUT2D eigenvalue weighted by atomic mass is 9.75. The van der Waals surface area contributed by atoms with Gasteiger partial charge in [0.2, 0.25) is 0 Å². The number of benzene rings is 1. The molecule has 0 heterocycles. The van der Waals surface area contributed by atoms with Crippen molar-refractivity contribution in [3.8, 4) is 5.75 Å². The first-order chi connectivity index (χ1) is 9.17. The molecule has 2 atom stereocenters. The minimum absolute atomic E-state index is 0.0409. The predicted molar refractivity (Wildman–Crippen MR) is 78.5 cm³/mol. The average Bonchev–Trinajstić information content (AvgIpc) is 2.47. The van der Waals surface area contributed by atoms with Crippen molar-refractivity contribution in [2.75, 3.05) is 13.7 Å². The van der Waals surface area contributed by atoms with Gasteiger partial charge in [-0.15, -0.1) is 0 Å². The maximum Gasteiger partial charge on any atom is 0.118 e. The van der Waals surface area contributed by atoms with Crippen LogP contribution in [0.3, 0.4) is 0 Å². The third kappa shape index (κ3) is 3.32. The molecule has 0 aliphatic rings. The minimum Gasteiger partial charge on any atom is -0.497 e. The van der Waals surface area contributed by atoms with Crippen molar-refractivity contribution in [1.29, 1.82) is 0 Å². The average molecular weight is 264 g/mol. The highest BCUT2D eigenvalue weighted by Gasteiger charge is 2.38. The molecular formula is C15H24N2O2. The standard InChI is InChI=1S/C15H24N2O2/c1-4-10-15(5-2,17-18)14(11-16)12-6-8-13(19-3)9-7-12/h6-9,14H,4-5,10-11,16H2,1-3H3. The normalized spacial score (nSPS) is 15.6. The molecule has 0 radical (unpaired) electrons. The first-order valence-electron chi connectivity index (χ1n) is 6.86. The van der Waals surface area contributed by atoms with Crippen LogP contribution in [0, 0.1) is 4.91 Å². The van der Waals surface area contributed by atoms with Crippen molar-refractivity contribution in [2.45, 2.75) is 44.6 Å². The Bertz CT molecular complexity index is 392. The van der Waals surface area contributed by atoms with E-state index in [0.29, 0.717) is 13.0 Å². The van der Waals surface area contributed by atoms with E-state index in [9.17, 15) is 4.91 Å². The molecule has 4 nitrogen and oxygen atoms in total. The van der Waals surface area contributed by atoms with Crippen molar-refractivity contribution in [1.82, 2.24) is 0 Å². The van der Waals surface area contributed by atoms with Crippen molar-refractivity contribution in [3.05, 3.63) is 34.7 Å². The minimum atomic E-state index is -0.599. The Hall–Kier alpha value is -1.42. The highest BCUT2D eigenvalue weighted by molar-refractivity contribution is 5.32. The molecule has 106 valence electrons. The van der Waals surface area contributed by atoms with Crippen LogP contribution in [0.25, 0.3) is 0 Å². The Kier molecular flexibility index (Phi) is 5.96. The lowest BCUT2D eigenvalue weighted by Crippen LogP contribution is -2.37. The van der Waals surface area contributed by atoms with E-state index in [4.69, 9.17) is 10.5 Å². The lowest BCUT2D eigenvalue weighted by molar-refractivity contribution is 0.309. The fourth-order valence-corrected chi connectivity index (χ4v) is 2.71. The summed E-state index contributed by atoms with van der Waals surface area (Å²) >= 11 is 0. The van der Waals surface area contributed by atoms with E-state index in [1.807, 2.05) is 31.2 Å². The Morgan fingerprint density at radius 1 is 1.32 bits per heavy atom. The molecule has 0 aliphatic carbocycles. The van der Waals surface area contributed by atoms with Gasteiger partial charge in [0.1, 0.15) is 11.3 Å². The van der Waals surface area contributed by atoms with Gasteiger partial charge in [0.05, 0.1) is 7.11 Å². The number of nitroso groups, excluding NO2 is 1. The quantitative estimate of drug-likeness (QED) is 0.731. The smallest absolute Gasteiger partial charge is 0.118 e. The zero-order chi connectivity index (χ0) is 14.3. The summed E-state index contributed by atoms with van der Waals surface area (Å²) in [5, 5.41) is 3.46. The summed E-state index contributed by atoms with van der Waals surface area (Å²) in [6, 6.07) is 7.74. The van der Waals surface area contributed by atoms with Gasteiger partial charge >= 0.3 is 0 Å². The molecule has 0 amide bonds. The Labute approximate surface area is 115 Å². The van der Waals surface area contributed by atoms with Crippen LogP contribution in [0.15, 0.2) is 29.4 Å². The van der Waals surface area contributed by atoms with Crippen LogP contribution in [-0.4, -0.2) is 19.2 Å². The number of methoxy groups -OCH3 is 1. The second-order valence-corrected chi connectivity index (χ2v) is 4.86. The highest BCUT2D eigenvalue weighted by Crippen LogP contribution is 2.38. The van der Waals surface area contributed by atoms with Gasteiger partial charge in [0.15, 0.2) is 0 Å². The zero-order valence-corrected chi connectivity index (χ0v) is 12.1. The fourth-order valence-electron chi connectivity index (χ4n) is 2.71. The molecular weight excluding hydrogens is 240 g/mol. The van der Waals surface area contributed by atoms with E-state index in [1.54, 1.807) is 7.11 Å². The summed E-state index contributed by atoms with van der Waals surface area (Å²) in [5.74, 6) is 0.761. The first kappa shape index (κ1) is 15.6. The second-order valence-electron chi connectivity index (χ2n) is 4.86. The molecule has 1 rings (SSSR count). The van der Waals surface area contributed by atoms with Gasteiger partial charge < -0.3 is 10.5 Å². The van der Waals surface area contributed by atoms with Gasteiger partial charge in [-0.2, -0.15) is 4.91 Å². The summed E-state index contributed by atoms with van der Waals surface area (Å²) < 4.78 is 5.15. The van der Waals surface area contributed by atoms with E-state index in [2.05, 4.69) is 12.1 Å². The number of hydrogen-bond acceptors (Lipinski definition) is 4. The number of nitrogens with two attached hydrogens (primary N) is 1. The van der Waals surface area contributed by atoms with Crippen LogP contribution in [0.1, 0.15) is 44.6 Å². The predicted octanol–water partition coefficient (Wildman–Crippen LogP) is 3.45. The molecule has 4 heteroatoms. The van der Waals surface area contributed by atoms with Gasteiger partial charge in [-0.25, -0.2) is 0 Å². The maximum atomic E-state index is 11.4. The van der Waals surface area contributed by atoms with Crippen molar-refractivity contribution in [2.24, 2.45) is 10.9 Å². The summed E-state index contributed by atoms with van der Waals surface area (Å²) in [5.41, 5.74) is 6.37. The maximum absolute atomic E-state index is 11.4. The molecule has 0 fully saturated rings. The highest BCUT2D eigenvalue weighted by atomic mass is 16.5. The van der Waals surface area contributed by atoms with E-state index in [-0.39, 0.29) is 5.92 Å². The topological polar surface area (TPSA) is 64.7 Å². The first-order valence-corrected chi connectivity index (χ1v) is 6.86. The molecule has 0 bridgehead atoms. The van der Waals surface area contributed by atoms with Crippen molar-refractivity contribution >= 4 is 0 Å². The number of nitrogens with zero attached hydrogens (tertiary/aromatic N) is 1. The molecule has 0 aromatic heterocycles. The Morgan fingerprint density at radius 3 is 2.32 bits per heavy atom. The summed E-state index contributed by atoms with van der Waals surface area (Å²) in [7, 11) is 1.63. The largest absolute Gasteiger partial charge is 0.497 e. The molecule has 1 aromatic carbocycles. The van der Waals surface area contributed by atoms with Crippen LogP contribution in [0.5, 0.6) is 5.75 Å². The van der Waals surface area contributed by atoms with Crippen LogP contribution in [-0.2, 0) is 0 Å². The molecule has 2 unspecified atom stereocenters. The molecule has 0 saturated carbocycles. The van der Waals surface area contributed by atoms with Gasteiger partial charge in [0.25, 0.3) is 0 Å². The number of rotatable bonds is 8. The third-order valence-corrected chi connectivity index (χ3v) is 3.88. The van der Waals surface area contributed by atoms with Gasteiger partial charge in [-0.1, -0.05) is 37.6 Å². The summed E-state index contributed by atoms with van der Waals surface area (Å²) in [6.45, 7) is 4.49. The summed E-state index contributed by atoms with van der Waals surface area (Å²) in [4.78, 5) is 11.4. The molecule has 19 heavy (non-hydrogen) atoms. The van der Waals surface area contributed by atoms with E-state index in [1.165, 1.54) is 0 Å². The van der Waals surface area contributed by atoms with E-state index < -0.39 is 5.54 Å². The number of ether oxygens (including phenoxy) is 1. The monoisotopic (exact) mass is 264 g/mol. The third-order valence-electron chi connectivity index (χ3n) is 3.88. The zero-order valence-electron chi connectivity index (χ0n) is 12.1. The van der Waals surface area contributed by atoms with Gasteiger partial charge in [0, 0.05) is 12.5 Å². The van der Waals surface area contributed by atoms with Crippen LogP contribution < -0.4 is 10.5 Å². The molecule has 0 aliphatic heterocycles. The summed E-state index contributed by atoms with van der Waals surface area (Å²) in [6.07, 6.45) is 2.39. The Balaban J connectivity index is 3.11. The van der Waals surface area contributed by atoms with Crippen LogP contribution >= 0.6 is 0 Å². The lowest BCUT2D eigenvalue weighted by Gasteiger charge is -2.33. The van der Waals surface area contributed by atoms with Gasteiger partial charge in [-0.3, -0.25) is 0 Å². The van der Waals surface area contributed by atoms with Crippen molar-refractivity contribution in [3.63, 3.8) is 0 Å². The number of hydrogen-bond donors (Lipinski definition) is 1. The Morgan fingerprint density at radius 2 is 1.95 bits per heavy atom. The fraction of sp³-hybridized carbons (Fsp3) is 0.600.